The fourth-order valence-corrected chi connectivity index (χ4v) is 3.73. The van der Waals surface area contributed by atoms with Gasteiger partial charge in [0.1, 0.15) is 5.92 Å². The van der Waals surface area contributed by atoms with Crippen LogP contribution >= 0.6 is 11.3 Å². The molecule has 0 saturated heterocycles. The van der Waals surface area contributed by atoms with Gasteiger partial charge < -0.3 is 21.1 Å². The summed E-state index contributed by atoms with van der Waals surface area (Å²) in [5.41, 5.74) is 1.42. The number of carboxylic acid groups (broad SMARTS) is 1. The third kappa shape index (κ3) is 7.41. The van der Waals surface area contributed by atoms with Crippen molar-refractivity contribution < 1.29 is 24.3 Å². The SMILES string of the molecule is O=C(CNC(=O)c1ccc(NC(=O)NCc2ccccc2)s1)NCC(C(=O)O)c1cccnc1. The molecule has 3 rings (SSSR count). The fraction of sp³-hybridized carbons (Fsp3) is 0.174. The molecule has 3 aromatic rings. The molecule has 0 aliphatic carbocycles. The van der Waals surface area contributed by atoms with E-state index in [0.29, 0.717) is 22.0 Å². The number of thiophene rings is 1. The van der Waals surface area contributed by atoms with Gasteiger partial charge in [-0.2, -0.15) is 0 Å². The van der Waals surface area contributed by atoms with E-state index in [1.807, 2.05) is 30.3 Å². The first-order chi connectivity index (χ1) is 16.4. The Morgan fingerprint density at radius 1 is 0.941 bits per heavy atom. The van der Waals surface area contributed by atoms with Crippen molar-refractivity contribution in [2.75, 3.05) is 18.4 Å². The summed E-state index contributed by atoms with van der Waals surface area (Å²) in [5.74, 6) is -3.06. The lowest BCUT2D eigenvalue weighted by Crippen LogP contribution is -2.39. The van der Waals surface area contributed by atoms with Crippen LogP contribution in [-0.2, 0) is 16.1 Å². The normalized spacial score (nSPS) is 11.2. The van der Waals surface area contributed by atoms with Crippen LogP contribution in [0.3, 0.4) is 0 Å². The quantitative estimate of drug-likeness (QED) is 0.300. The van der Waals surface area contributed by atoms with Crippen molar-refractivity contribution >= 4 is 40.2 Å². The van der Waals surface area contributed by atoms with Gasteiger partial charge in [0.25, 0.3) is 5.91 Å². The molecule has 0 saturated carbocycles. The number of hydrogen-bond acceptors (Lipinski definition) is 6. The van der Waals surface area contributed by atoms with E-state index in [4.69, 9.17) is 0 Å². The zero-order valence-corrected chi connectivity index (χ0v) is 18.8. The molecule has 0 fully saturated rings. The highest BCUT2D eigenvalue weighted by Crippen LogP contribution is 2.21. The number of rotatable bonds is 10. The summed E-state index contributed by atoms with van der Waals surface area (Å²) in [6, 6.07) is 15.4. The standard InChI is InChI=1S/C23H23N5O5S/c29-19(25-13-17(22(31)32)16-7-4-10-24-12-16)14-26-21(30)18-8-9-20(34-18)28-23(33)27-11-15-5-2-1-3-6-15/h1-10,12,17H,11,13-14H2,(H,25,29)(H,26,30)(H,31,32)(H2,27,28,33). The van der Waals surface area contributed by atoms with E-state index in [9.17, 15) is 24.3 Å². The van der Waals surface area contributed by atoms with Crippen molar-refractivity contribution in [1.82, 2.24) is 20.9 Å². The number of pyridine rings is 1. The number of nitrogens with zero attached hydrogens (tertiary/aromatic N) is 1. The van der Waals surface area contributed by atoms with Crippen molar-refractivity contribution in [3.05, 3.63) is 83.0 Å². The lowest BCUT2D eigenvalue weighted by atomic mass is 10.0. The van der Waals surface area contributed by atoms with Gasteiger partial charge in [-0.25, -0.2) is 4.79 Å². The zero-order valence-electron chi connectivity index (χ0n) is 18.0. The maximum Gasteiger partial charge on any atom is 0.320 e. The summed E-state index contributed by atoms with van der Waals surface area (Å²) in [5, 5.41) is 20.2. The molecule has 4 amide bonds. The van der Waals surface area contributed by atoms with Gasteiger partial charge in [0.15, 0.2) is 0 Å². The van der Waals surface area contributed by atoms with E-state index < -0.39 is 29.7 Å². The zero-order chi connectivity index (χ0) is 24.3. The minimum Gasteiger partial charge on any atom is -0.481 e. The molecule has 5 N–H and O–H groups in total. The number of nitrogens with one attached hydrogen (secondary N) is 4. The molecule has 176 valence electrons. The van der Waals surface area contributed by atoms with Crippen LogP contribution in [0.15, 0.2) is 67.0 Å². The number of amides is 4. The van der Waals surface area contributed by atoms with Crippen LogP contribution in [0.5, 0.6) is 0 Å². The lowest BCUT2D eigenvalue weighted by molar-refractivity contribution is -0.138. The monoisotopic (exact) mass is 481 g/mol. The van der Waals surface area contributed by atoms with Gasteiger partial charge in [0, 0.05) is 25.5 Å². The predicted molar refractivity (Wildman–Crippen MR) is 127 cm³/mol. The van der Waals surface area contributed by atoms with E-state index in [2.05, 4.69) is 26.3 Å². The predicted octanol–water partition coefficient (Wildman–Crippen LogP) is 2.18. The molecule has 0 bridgehead atoms. The highest BCUT2D eigenvalue weighted by molar-refractivity contribution is 7.18. The van der Waals surface area contributed by atoms with Gasteiger partial charge in [-0.05, 0) is 29.3 Å². The van der Waals surface area contributed by atoms with Gasteiger partial charge in [-0.15, -0.1) is 11.3 Å². The second-order valence-electron chi connectivity index (χ2n) is 7.12. The topological polar surface area (TPSA) is 150 Å². The van der Waals surface area contributed by atoms with Gasteiger partial charge in [-0.3, -0.25) is 24.7 Å². The maximum atomic E-state index is 12.3. The van der Waals surface area contributed by atoms with E-state index in [0.717, 1.165) is 16.9 Å². The number of carboxylic acids is 1. The lowest BCUT2D eigenvalue weighted by Gasteiger charge is -2.13. The summed E-state index contributed by atoms with van der Waals surface area (Å²) in [4.78, 5) is 52.1. The van der Waals surface area contributed by atoms with Gasteiger partial charge in [-0.1, -0.05) is 36.4 Å². The molecule has 0 aliphatic heterocycles. The Balaban J connectivity index is 1.42. The summed E-state index contributed by atoms with van der Waals surface area (Å²) < 4.78 is 0. The Bertz CT molecular complexity index is 1140. The first-order valence-electron chi connectivity index (χ1n) is 10.3. The average Bonchev–Trinajstić information content (AvgIpc) is 3.31. The molecule has 0 radical (unpaired) electrons. The van der Waals surface area contributed by atoms with Gasteiger partial charge >= 0.3 is 12.0 Å². The highest BCUT2D eigenvalue weighted by Gasteiger charge is 2.21. The summed E-state index contributed by atoms with van der Waals surface area (Å²) >= 11 is 1.06. The first kappa shape index (κ1) is 24.4. The van der Waals surface area contributed by atoms with Crippen molar-refractivity contribution in [2.45, 2.75) is 12.5 Å². The number of carbonyl (C=O) groups is 4. The molecule has 2 aromatic heterocycles. The molecular weight excluding hydrogens is 458 g/mol. The molecule has 1 unspecified atom stereocenters. The number of aliphatic carboxylic acids is 1. The maximum absolute atomic E-state index is 12.3. The number of carbonyl (C=O) groups excluding carboxylic acids is 3. The average molecular weight is 482 g/mol. The van der Waals surface area contributed by atoms with Crippen LogP contribution in [0.1, 0.15) is 26.7 Å². The smallest absolute Gasteiger partial charge is 0.320 e. The van der Waals surface area contributed by atoms with Crippen LogP contribution in [0, 0.1) is 0 Å². The van der Waals surface area contributed by atoms with Crippen LogP contribution in [0.4, 0.5) is 9.80 Å². The summed E-state index contributed by atoms with van der Waals surface area (Å²) in [6.45, 7) is -0.0959. The van der Waals surface area contributed by atoms with Crippen LogP contribution in [-0.4, -0.2) is 47.0 Å². The third-order valence-corrected chi connectivity index (χ3v) is 5.66. The van der Waals surface area contributed by atoms with E-state index in [-0.39, 0.29) is 13.1 Å². The second kappa shape index (κ2) is 12.1. The number of anilines is 1. The van der Waals surface area contributed by atoms with Crippen molar-refractivity contribution in [2.24, 2.45) is 0 Å². The molecule has 1 atom stereocenters. The Kier molecular flexibility index (Phi) is 8.69. The minimum absolute atomic E-state index is 0.138. The van der Waals surface area contributed by atoms with E-state index in [1.165, 1.54) is 18.5 Å². The molecule has 11 heteroatoms. The Morgan fingerprint density at radius 2 is 1.74 bits per heavy atom. The Labute approximate surface area is 199 Å². The Morgan fingerprint density at radius 3 is 2.44 bits per heavy atom. The number of urea groups is 1. The van der Waals surface area contributed by atoms with Crippen molar-refractivity contribution in [1.29, 1.82) is 0 Å². The van der Waals surface area contributed by atoms with Crippen molar-refractivity contribution in [3.8, 4) is 0 Å². The van der Waals surface area contributed by atoms with Gasteiger partial charge in [0.05, 0.1) is 16.4 Å². The van der Waals surface area contributed by atoms with Crippen LogP contribution in [0.25, 0.3) is 0 Å². The molecule has 1 aromatic carbocycles. The van der Waals surface area contributed by atoms with E-state index in [1.54, 1.807) is 18.2 Å². The summed E-state index contributed by atoms with van der Waals surface area (Å²) in [7, 11) is 0. The molecule has 34 heavy (non-hydrogen) atoms. The molecule has 0 spiro atoms. The highest BCUT2D eigenvalue weighted by atomic mass is 32.1. The largest absolute Gasteiger partial charge is 0.481 e. The first-order valence-corrected chi connectivity index (χ1v) is 11.1. The van der Waals surface area contributed by atoms with Crippen LogP contribution in [0.2, 0.25) is 0 Å². The molecular formula is C23H23N5O5S. The Hall–Kier alpha value is -4.25. The van der Waals surface area contributed by atoms with Crippen molar-refractivity contribution in [3.63, 3.8) is 0 Å². The fourth-order valence-electron chi connectivity index (χ4n) is 2.92. The number of benzene rings is 1. The molecule has 10 nitrogen and oxygen atoms in total. The third-order valence-electron chi connectivity index (χ3n) is 4.66. The number of aromatic nitrogens is 1. The molecule has 0 aliphatic rings. The van der Waals surface area contributed by atoms with E-state index >= 15 is 0 Å². The minimum atomic E-state index is -1.09. The summed E-state index contributed by atoms with van der Waals surface area (Å²) in [6.07, 6.45) is 2.95. The molecule has 2 heterocycles. The van der Waals surface area contributed by atoms with Gasteiger partial charge in [0.2, 0.25) is 5.91 Å². The number of hydrogen-bond donors (Lipinski definition) is 5. The second-order valence-corrected chi connectivity index (χ2v) is 8.20. The van der Waals surface area contributed by atoms with Crippen LogP contribution < -0.4 is 21.3 Å².